The van der Waals surface area contributed by atoms with E-state index in [2.05, 4.69) is 4.74 Å². The SMILES string of the molecule is COC(=O)/C=C/c1cccc[n+]1C.[I-]. The van der Waals surface area contributed by atoms with Crippen molar-refractivity contribution in [1.82, 2.24) is 0 Å². The van der Waals surface area contributed by atoms with Gasteiger partial charge in [-0.25, -0.2) is 9.36 Å². The number of pyridine rings is 1. The predicted molar refractivity (Wildman–Crippen MR) is 48.7 cm³/mol. The highest BCUT2D eigenvalue weighted by Crippen LogP contribution is 1.94. The molecule has 76 valence electrons. The summed E-state index contributed by atoms with van der Waals surface area (Å²) in [6, 6.07) is 5.76. The van der Waals surface area contributed by atoms with E-state index < -0.39 is 0 Å². The van der Waals surface area contributed by atoms with Gasteiger partial charge in [0.1, 0.15) is 7.05 Å². The highest BCUT2D eigenvalue weighted by molar-refractivity contribution is 5.86. The number of methoxy groups -OCH3 is 1. The lowest BCUT2D eigenvalue weighted by atomic mass is 10.3. The summed E-state index contributed by atoms with van der Waals surface area (Å²) in [5, 5.41) is 0. The maximum atomic E-state index is 10.8. The molecule has 0 radical (unpaired) electrons. The summed E-state index contributed by atoms with van der Waals surface area (Å²) in [7, 11) is 3.27. The minimum atomic E-state index is -0.344. The van der Waals surface area contributed by atoms with Gasteiger partial charge in [-0.05, 0) is 6.07 Å². The van der Waals surface area contributed by atoms with Crippen molar-refractivity contribution in [2.45, 2.75) is 0 Å². The number of aromatic nitrogens is 1. The van der Waals surface area contributed by atoms with Gasteiger partial charge < -0.3 is 28.7 Å². The van der Waals surface area contributed by atoms with E-state index in [1.165, 1.54) is 13.2 Å². The third kappa shape index (κ3) is 3.87. The van der Waals surface area contributed by atoms with Gasteiger partial charge in [0.15, 0.2) is 6.20 Å². The number of hydrogen-bond acceptors (Lipinski definition) is 2. The fraction of sp³-hybridized carbons (Fsp3) is 0.200. The highest BCUT2D eigenvalue weighted by Gasteiger charge is 1.99. The first kappa shape index (κ1) is 13.1. The maximum absolute atomic E-state index is 10.8. The van der Waals surface area contributed by atoms with E-state index in [1.54, 1.807) is 6.08 Å². The Kier molecular flexibility index (Phi) is 6.11. The van der Waals surface area contributed by atoms with Crippen molar-refractivity contribution >= 4 is 12.0 Å². The van der Waals surface area contributed by atoms with Gasteiger partial charge in [-0.2, -0.15) is 0 Å². The van der Waals surface area contributed by atoms with Crippen LogP contribution in [0.5, 0.6) is 0 Å². The Bertz CT molecular complexity index is 337. The standard InChI is InChI=1S/C10H12NO2.HI/c1-11-8-4-3-5-9(11)6-7-10(12)13-2;/h3-8H,1-2H3;1H/q+1;/p-1/b7-6+;. The second-order valence-corrected chi connectivity index (χ2v) is 2.59. The van der Waals surface area contributed by atoms with Crippen molar-refractivity contribution < 1.29 is 38.1 Å². The molecule has 14 heavy (non-hydrogen) atoms. The summed E-state index contributed by atoms with van der Waals surface area (Å²) in [4.78, 5) is 10.8. The quantitative estimate of drug-likeness (QED) is 0.266. The summed E-state index contributed by atoms with van der Waals surface area (Å²) in [6.45, 7) is 0. The van der Waals surface area contributed by atoms with Crippen LogP contribution in [0.2, 0.25) is 0 Å². The molecule has 3 nitrogen and oxygen atoms in total. The zero-order valence-corrected chi connectivity index (χ0v) is 10.3. The van der Waals surface area contributed by atoms with Crippen LogP contribution in [0.1, 0.15) is 5.69 Å². The minimum absolute atomic E-state index is 0. The Labute approximate surface area is 100 Å². The molecule has 1 aromatic heterocycles. The molecule has 0 aromatic carbocycles. The molecule has 1 heterocycles. The number of nitrogens with zero attached hydrogens (tertiary/aromatic N) is 1. The first-order chi connectivity index (χ1) is 6.24. The fourth-order valence-electron chi connectivity index (χ4n) is 0.931. The average molecular weight is 305 g/mol. The third-order valence-corrected chi connectivity index (χ3v) is 1.69. The maximum Gasteiger partial charge on any atom is 0.330 e. The van der Waals surface area contributed by atoms with Gasteiger partial charge in [-0.15, -0.1) is 0 Å². The van der Waals surface area contributed by atoms with Crippen LogP contribution in [0.4, 0.5) is 0 Å². The van der Waals surface area contributed by atoms with Crippen LogP contribution in [0.15, 0.2) is 30.5 Å². The smallest absolute Gasteiger partial charge is 0.330 e. The Morgan fingerprint density at radius 3 is 2.79 bits per heavy atom. The van der Waals surface area contributed by atoms with E-state index in [1.807, 2.05) is 36.0 Å². The second kappa shape index (κ2) is 6.53. The zero-order valence-electron chi connectivity index (χ0n) is 8.11. The number of hydrogen-bond donors (Lipinski definition) is 0. The molecule has 1 rings (SSSR count). The Balaban J connectivity index is 0.00000169. The first-order valence-electron chi connectivity index (χ1n) is 3.94. The van der Waals surface area contributed by atoms with Crippen molar-refractivity contribution in [3.05, 3.63) is 36.2 Å². The molecule has 1 aromatic rings. The summed E-state index contributed by atoms with van der Waals surface area (Å²) >= 11 is 0. The molecule has 0 fully saturated rings. The average Bonchev–Trinajstić information content (AvgIpc) is 2.16. The van der Waals surface area contributed by atoms with E-state index in [0.29, 0.717) is 0 Å². The number of carbonyl (C=O) groups excluding carboxylic acids is 1. The molecule has 0 amide bonds. The van der Waals surface area contributed by atoms with Crippen LogP contribution in [0.3, 0.4) is 0 Å². The molecule has 0 atom stereocenters. The summed E-state index contributed by atoms with van der Waals surface area (Å²) in [6.07, 6.45) is 5.03. The number of aryl methyl sites for hydroxylation is 1. The fourth-order valence-corrected chi connectivity index (χ4v) is 0.931. The van der Waals surface area contributed by atoms with Crippen molar-refractivity contribution in [3.8, 4) is 0 Å². The van der Waals surface area contributed by atoms with Crippen LogP contribution in [0.25, 0.3) is 6.08 Å². The van der Waals surface area contributed by atoms with Crippen molar-refractivity contribution in [2.24, 2.45) is 7.05 Å². The highest BCUT2D eigenvalue weighted by atomic mass is 127. The van der Waals surface area contributed by atoms with Crippen LogP contribution in [-0.2, 0) is 16.6 Å². The lowest BCUT2D eigenvalue weighted by Crippen LogP contribution is -3.00. The van der Waals surface area contributed by atoms with E-state index in [9.17, 15) is 4.79 Å². The van der Waals surface area contributed by atoms with Gasteiger partial charge in [0.05, 0.1) is 7.11 Å². The van der Waals surface area contributed by atoms with E-state index in [0.717, 1.165) is 5.69 Å². The summed E-state index contributed by atoms with van der Waals surface area (Å²) < 4.78 is 6.39. The summed E-state index contributed by atoms with van der Waals surface area (Å²) in [5.41, 5.74) is 0.952. The lowest BCUT2D eigenvalue weighted by Gasteiger charge is -1.92. The van der Waals surface area contributed by atoms with Crippen LogP contribution >= 0.6 is 0 Å². The molecule has 0 N–H and O–H groups in total. The van der Waals surface area contributed by atoms with Crippen molar-refractivity contribution in [2.75, 3.05) is 7.11 Å². The normalized spacial score (nSPS) is 9.57. The Hall–Kier alpha value is -0.910. The number of ether oxygens (including phenoxy) is 1. The molecule has 0 saturated heterocycles. The van der Waals surface area contributed by atoms with Crippen LogP contribution in [0, 0.1) is 0 Å². The predicted octanol–water partition coefficient (Wildman–Crippen LogP) is -2.30. The number of halogens is 1. The number of esters is 1. The van der Waals surface area contributed by atoms with Gasteiger partial charge >= 0.3 is 5.97 Å². The first-order valence-corrected chi connectivity index (χ1v) is 3.94. The molecule has 0 aliphatic heterocycles. The molecule has 0 bridgehead atoms. The van der Waals surface area contributed by atoms with Crippen molar-refractivity contribution in [1.29, 1.82) is 0 Å². The summed E-state index contributed by atoms with van der Waals surface area (Å²) in [5.74, 6) is -0.344. The minimum Gasteiger partial charge on any atom is -1.00 e. The monoisotopic (exact) mass is 305 g/mol. The van der Waals surface area contributed by atoms with Gasteiger partial charge in [0, 0.05) is 24.3 Å². The molecule has 4 heteroatoms. The van der Waals surface area contributed by atoms with Crippen molar-refractivity contribution in [3.63, 3.8) is 0 Å². The molecule has 0 unspecified atom stereocenters. The Morgan fingerprint density at radius 1 is 1.50 bits per heavy atom. The van der Waals surface area contributed by atoms with Gasteiger partial charge in [0.2, 0.25) is 5.69 Å². The topological polar surface area (TPSA) is 30.2 Å². The Morgan fingerprint density at radius 2 is 2.21 bits per heavy atom. The molecule has 0 aliphatic carbocycles. The van der Waals surface area contributed by atoms with Crippen LogP contribution in [-0.4, -0.2) is 13.1 Å². The molecular formula is C10H12INO2. The molecule has 0 saturated carbocycles. The third-order valence-electron chi connectivity index (χ3n) is 1.69. The second-order valence-electron chi connectivity index (χ2n) is 2.59. The van der Waals surface area contributed by atoms with E-state index in [-0.39, 0.29) is 29.9 Å². The van der Waals surface area contributed by atoms with E-state index in [4.69, 9.17) is 0 Å². The molecule has 0 spiro atoms. The van der Waals surface area contributed by atoms with Gasteiger partial charge in [-0.1, -0.05) is 0 Å². The van der Waals surface area contributed by atoms with Gasteiger partial charge in [-0.3, -0.25) is 0 Å². The molecule has 0 aliphatic rings. The van der Waals surface area contributed by atoms with Crippen LogP contribution < -0.4 is 28.5 Å². The van der Waals surface area contributed by atoms with E-state index >= 15 is 0 Å². The lowest BCUT2D eigenvalue weighted by molar-refractivity contribution is -0.673. The largest absolute Gasteiger partial charge is 1.00 e. The zero-order chi connectivity index (χ0) is 9.68. The molecular weight excluding hydrogens is 293 g/mol. The van der Waals surface area contributed by atoms with Gasteiger partial charge in [0.25, 0.3) is 0 Å². The number of rotatable bonds is 2. The number of carbonyl (C=O) groups is 1.